The summed E-state index contributed by atoms with van der Waals surface area (Å²) < 4.78 is 3.63. The molecule has 4 aromatic rings. The summed E-state index contributed by atoms with van der Waals surface area (Å²) in [5.74, 6) is 0.400. The van der Waals surface area contributed by atoms with E-state index in [1.165, 1.54) is 11.3 Å². The van der Waals surface area contributed by atoms with Crippen molar-refractivity contribution in [2.75, 3.05) is 5.32 Å². The molecule has 0 radical (unpaired) electrons. The van der Waals surface area contributed by atoms with E-state index in [2.05, 4.69) is 20.6 Å². The second kappa shape index (κ2) is 7.16. The molecule has 3 heterocycles. The van der Waals surface area contributed by atoms with Crippen molar-refractivity contribution in [1.29, 1.82) is 0 Å². The first kappa shape index (κ1) is 17.2. The van der Waals surface area contributed by atoms with E-state index in [0.717, 1.165) is 22.7 Å². The van der Waals surface area contributed by atoms with Gasteiger partial charge in [0.2, 0.25) is 5.13 Å². The van der Waals surface area contributed by atoms with Gasteiger partial charge in [-0.05, 0) is 37.6 Å². The lowest BCUT2D eigenvalue weighted by molar-refractivity contribution is 0.102. The van der Waals surface area contributed by atoms with E-state index in [9.17, 15) is 4.79 Å². The normalized spacial score (nSPS) is 10.9. The van der Waals surface area contributed by atoms with Crippen molar-refractivity contribution in [3.8, 4) is 11.5 Å². The highest BCUT2D eigenvalue weighted by atomic mass is 32.1. The van der Waals surface area contributed by atoms with Gasteiger partial charge in [0.25, 0.3) is 5.91 Å². The SMILES string of the molecule is CCc1nnc(NC(=O)c2cnn(-c3ccc(C)cc3)c2-n2cccc2)s1. The smallest absolute Gasteiger partial charge is 0.262 e. The van der Waals surface area contributed by atoms with E-state index in [1.54, 1.807) is 10.9 Å². The van der Waals surface area contributed by atoms with E-state index in [4.69, 9.17) is 0 Å². The third kappa shape index (κ3) is 3.39. The van der Waals surface area contributed by atoms with E-state index in [-0.39, 0.29) is 5.91 Å². The number of carbonyl (C=O) groups is 1. The van der Waals surface area contributed by atoms with E-state index < -0.39 is 0 Å². The molecule has 27 heavy (non-hydrogen) atoms. The Labute approximate surface area is 160 Å². The Balaban J connectivity index is 1.74. The van der Waals surface area contributed by atoms with Gasteiger partial charge in [-0.1, -0.05) is 36.0 Å². The summed E-state index contributed by atoms with van der Waals surface area (Å²) in [6, 6.07) is 11.8. The Morgan fingerprint density at radius 1 is 1.15 bits per heavy atom. The van der Waals surface area contributed by atoms with Crippen LogP contribution in [0.25, 0.3) is 11.5 Å². The molecule has 0 bridgehead atoms. The largest absolute Gasteiger partial charge is 0.308 e. The average molecular weight is 378 g/mol. The molecule has 0 saturated heterocycles. The summed E-state index contributed by atoms with van der Waals surface area (Å²) >= 11 is 1.38. The number of carbonyl (C=O) groups excluding carboxylic acids is 1. The number of nitrogens with one attached hydrogen (secondary N) is 1. The van der Waals surface area contributed by atoms with Crippen molar-refractivity contribution in [1.82, 2.24) is 24.5 Å². The Hall–Kier alpha value is -3.26. The molecule has 0 spiro atoms. The molecule has 7 nitrogen and oxygen atoms in total. The van der Waals surface area contributed by atoms with Crippen molar-refractivity contribution in [2.24, 2.45) is 0 Å². The second-order valence-electron chi connectivity index (χ2n) is 6.03. The van der Waals surface area contributed by atoms with Crippen LogP contribution in [-0.2, 0) is 6.42 Å². The highest BCUT2D eigenvalue weighted by Crippen LogP contribution is 2.22. The minimum absolute atomic E-state index is 0.268. The maximum atomic E-state index is 12.9. The fourth-order valence-electron chi connectivity index (χ4n) is 2.71. The molecular weight excluding hydrogens is 360 g/mol. The highest BCUT2D eigenvalue weighted by Gasteiger charge is 2.21. The predicted molar refractivity (Wildman–Crippen MR) is 105 cm³/mol. The molecule has 0 saturated carbocycles. The van der Waals surface area contributed by atoms with Gasteiger partial charge in [-0.3, -0.25) is 10.1 Å². The summed E-state index contributed by atoms with van der Waals surface area (Å²) in [7, 11) is 0. The van der Waals surface area contributed by atoms with Gasteiger partial charge < -0.3 is 4.57 Å². The summed E-state index contributed by atoms with van der Waals surface area (Å²) in [5.41, 5.74) is 2.50. The number of rotatable bonds is 5. The maximum absolute atomic E-state index is 12.9. The zero-order valence-electron chi connectivity index (χ0n) is 15.0. The molecule has 1 aromatic carbocycles. The van der Waals surface area contributed by atoms with E-state index in [0.29, 0.717) is 16.5 Å². The quantitative estimate of drug-likeness (QED) is 0.575. The third-order valence-electron chi connectivity index (χ3n) is 4.11. The highest BCUT2D eigenvalue weighted by molar-refractivity contribution is 7.15. The first-order valence-corrected chi connectivity index (χ1v) is 9.39. The van der Waals surface area contributed by atoms with Crippen LogP contribution in [0.1, 0.15) is 27.9 Å². The lowest BCUT2D eigenvalue weighted by atomic mass is 10.2. The van der Waals surface area contributed by atoms with Gasteiger partial charge in [-0.2, -0.15) is 5.10 Å². The zero-order valence-corrected chi connectivity index (χ0v) is 15.8. The van der Waals surface area contributed by atoms with Crippen LogP contribution in [0.2, 0.25) is 0 Å². The molecule has 136 valence electrons. The van der Waals surface area contributed by atoms with Crippen LogP contribution in [0.3, 0.4) is 0 Å². The van der Waals surface area contributed by atoms with Gasteiger partial charge >= 0.3 is 0 Å². The first-order valence-electron chi connectivity index (χ1n) is 8.58. The fraction of sp³-hybridized carbons (Fsp3) is 0.158. The van der Waals surface area contributed by atoms with Gasteiger partial charge in [0.15, 0.2) is 5.82 Å². The van der Waals surface area contributed by atoms with Crippen LogP contribution >= 0.6 is 11.3 Å². The minimum atomic E-state index is -0.268. The van der Waals surface area contributed by atoms with E-state index in [1.807, 2.05) is 67.2 Å². The molecule has 1 N–H and O–H groups in total. The van der Waals surface area contributed by atoms with Gasteiger partial charge in [0, 0.05) is 12.4 Å². The number of anilines is 1. The monoisotopic (exact) mass is 378 g/mol. The molecule has 0 unspecified atom stereocenters. The van der Waals surface area contributed by atoms with Gasteiger partial charge in [0.1, 0.15) is 10.6 Å². The number of aryl methyl sites for hydroxylation is 2. The lowest BCUT2D eigenvalue weighted by Gasteiger charge is -2.11. The standard InChI is InChI=1S/C19H18N6OS/c1-3-16-22-23-19(27-16)21-17(26)15-12-20-25(14-8-6-13(2)7-9-14)18(15)24-10-4-5-11-24/h4-12H,3H2,1-2H3,(H,21,23,26). The number of amides is 1. The number of hydrogen-bond acceptors (Lipinski definition) is 5. The van der Waals surface area contributed by atoms with Crippen molar-refractivity contribution in [2.45, 2.75) is 20.3 Å². The molecular formula is C19H18N6OS. The Bertz CT molecular complexity index is 1060. The van der Waals surface area contributed by atoms with Crippen molar-refractivity contribution >= 4 is 22.4 Å². The van der Waals surface area contributed by atoms with Crippen molar-refractivity contribution < 1.29 is 4.79 Å². The van der Waals surface area contributed by atoms with Gasteiger partial charge in [0.05, 0.1) is 11.9 Å². The number of aromatic nitrogens is 5. The second-order valence-corrected chi connectivity index (χ2v) is 7.09. The number of nitrogens with zero attached hydrogens (tertiary/aromatic N) is 5. The summed E-state index contributed by atoms with van der Waals surface area (Å²) in [4.78, 5) is 12.9. The van der Waals surface area contributed by atoms with Crippen molar-refractivity contribution in [3.05, 3.63) is 71.1 Å². The summed E-state index contributed by atoms with van der Waals surface area (Å²) in [6.07, 6.45) is 6.14. The summed E-state index contributed by atoms with van der Waals surface area (Å²) in [6.45, 7) is 4.03. The number of hydrogen-bond donors (Lipinski definition) is 1. The third-order valence-corrected chi connectivity index (χ3v) is 5.09. The topological polar surface area (TPSA) is 77.6 Å². The molecule has 8 heteroatoms. The molecule has 0 atom stereocenters. The van der Waals surface area contributed by atoms with Crippen LogP contribution in [0, 0.1) is 6.92 Å². The molecule has 0 aliphatic rings. The lowest BCUT2D eigenvalue weighted by Crippen LogP contribution is -2.15. The summed E-state index contributed by atoms with van der Waals surface area (Å²) in [5, 5.41) is 16.7. The Morgan fingerprint density at radius 2 is 1.89 bits per heavy atom. The predicted octanol–water partition coefficient (Wildman–Crippen LogP) is 3.64. The molecule has 4 rings (SSSR count). The Kier molecular flexibility index (Phi) is 4.55. The van der Waals surface area contributed by atoms with E-state index >= 15 is 0 Å². The van der Waals surface area contributed by atoms with Crippen LogP contribution in [0.4, 0.5) is 5.13 Å². The minimum Gasteiger partial charge on any atom is -0.308 e. The van der Waals surface area contributed by atoms with Crippen LogP contribution in [0.5, 0.6) is 0 Å². The van der Waals surface area contributed by atoms with Gasteiger partial charge in [-0.15, -0.1) is 10.2 Å². The molecule has 3 aromatic heterocycles. The van der Waals surface area contributed by atoms with Gasteiger partial charge in [-0.25, -0.2) is 4.68 Å². The van der Waals surface area contributed by atoms with Crippen LogP contribution < -0.4 is 5.32 Å². The number of benzene rings is 1. The zero-order chi connectivity index (χ0) is 18.8. The van der Waals surface area contributed by atoms with Crippen molar-refractivity contribution in [3.63, 3.8) is 0 Å². The first-order chi connectivity index (χ1) is 13.2. The molecule has 0 aliphatic carbocycles. The van der Waals surface area contributed by atoms with Crippen LogP contribution in [-0.4, -0.2) is 30.5 Å². The fourth-order valence-corrected chi connectivity index (χ4v) is 3.39. The Morgan fingerprint density at radius 3 is 2.56 bits per heavy atom. The molecule has 0 fully saturated rings. The molecule has 0 aliphatic heterocycles. The maximum Gasteiger partial charge on any atom is 0.262 e. The average Bonchev–Trinajstić information content (AvgIpc) is 3.42. The van der Waals surface area contributed by atoms with Crippen LogP contribution in [0.15, 0.2) is 55.0 Å². The molecule has 1 amide bonds.